The molecule has 2 rings (SSSR count). The molecule has 4 nitrogen and oxygen atoms in total. The number of nitrogen functional groups attached to an aromatic ring is 1. The normalized spacial score (nSPS) is 10.3. The van der Waals surface area contributed by atoms with Crippen LogP contribution >= 0.6 is 0 Å². The van der Waals surface area contributed by atoms with Crippen LogP contribution in [0.5, 0.6) is 0 Å². The molecule has 1 aromatic heterocycles. The van der Waals surface area contributed by atoms with E-state index in [9.17, 15) is 4.79 Å². The number of hydrogen-bond acceptors (Lipinski definition) is 4. The van der Waals surface area contributed by atoms with E-state index >= 15 is 0 Å². The molecular weight excluding hydrogens is 204 g/mol. The third-order valence-electron chi connectivity index (χ3n) is 2.33. The summed E-state index contributed by atoms with van der Waals surface area (Å²) in [5.41, 5.74) is 13.2. The second-order valence-corrected chi connectivity index (χ2v) is 3.41. The first-order valence-corrected chi connectivity index (χ1v) is 4.89. The molecule has 2 aromatic rings. The van der Waals surface area contributed by atoms with Crippen LogP contribution in [0.4, 0.5) is 5.69 Å². The van der Waals surface area contributed by atoms with Gasteiger partial charge in [-0.15, -0.1) is 0 Å². The van der Waals surface area contributed by atoms with E-state index in [0.717, 1.165) is 11.1 Å². The highest BCUT2D eigenvalue weighted by atomic mass is 16.3. The number of furan rings is 1. The first-order valence-electron chi connectivity index (χ1n) is 4.89. The topological polar surface area (TPSA) is 82.2 Å². The van der Waals surface area contributed by atoms with Crippen LogP contribution in [-0.2, 0) is 0 Å². The van der Waals surface area contributed by atoms with Gasteiger partial charge in [-0.2, -0.15) is 0 Å². The van der Waals surface area contributed by atoms with Crippen LogP contribution in [0, 0.1) is 0 Å². The number of Topliss-reactive ketones (excluding diaryl/α,β-unsaturated/α-hetero) is 1. The summed E-state index contributed by atoms with van der Waals surface area (Å²) in [6, 6.07) is 8.98. The van der Waals surface area contributed by atoms with Crippen molar-refractivity contribution in [2.45, 2.75) is 0 Å². The predicted molar refractivity (Wildman–Crippen MR) is 61.9 cm³/mol. The molecule has 0 saturated carbocycles. The van der Waals surface area contributed by atoms with Crippen molar-refractivity contribution in [2.24, 2.45) is 5.73 Å². The van der Waals surface area contributed by atoms with E-state index in [1.165, 1.54) is 6.26 Å². The Bertz CT molecular complexity index is 500. The molecule has 0 atom stereocenters. The molecule has 0 amide bonds. The van der Waals surface area contributed by atoms with Crippen molar-refractivity contribution in [1.29, 1.82) is 0 Å². The highest BCUT2D eigenvalue weighted by Crippen LogP contribution is 2.25. The van der Waals surface area contributed by atoms with Crippen LogP contribution in [0.1, 0.15) is 10.6 Å². The summed E-state index contributed by atoms with van der Waals surface area (Å²) in [4.78, 5) is 11.5. The van der Waals surface area contributed by atoms with Gasteiger partial charge in [-0.1, -0.05) is 12.1 Å². The van der Waals surface area contributed by atoms with Crippen LogP contribution in [0.15, 0.2) is 41.0 Å². The van der Waals surface area contributed by atoms with E-state index in [0.29, 0.717) is 11.4 Å². The Morgan fingerprint density at radius 1 is 1.19 bits per heavy atom. The van der Waals surface area contributed by atoms with Crippen LogP contribution in [-0.4, -0.2) is 12.3 Å². The highest BCUT2D eigenvalue weighted by molar-refractivity contribution is 6.00. The van der Waals surface area contributed by atoms with Gasteiger partial charge in [-0.05, 0) is 23.8 Å². The molecular formula is C12H12N2O2. The number of ketones is 1. The van der Waals surface area contributed by atoms with E-state index in [-0.39, 0.29) is 12.3 Å². The summed E-state index contributed by atoms with van der Waals surface area (Å²) in [7, 11) is 0. The van der Waals surface area contributed by atoms with E-state index in [1.807, 2.05) is 12.1 Å². The molecule has 0 unspecified atom stereocenters. The Balaban J connectivity index is 2.44. The summed E-state index contributed by atoms with van der Waals surface area (Å²) < 4.78 is 5.14. The third kappa shape index (κ3) is 1.83. The molecule has 0 saturated heterocycles. The summed E-state index contributed by atoms with van der Waals surface area (Å²) in [6.07, 6.45) is 1.48. The minimum atomic E-state index is -0.211. The van der Waals surface area contributed by atoms with E-state index in [2.05, 4.69) is 0 Å². The Morgan fingerprint density at radius 3 is 2.50 bits per heavy atom. The lowest BCUT2D eigenvalue weighted by Gasteiger charge is -2.01. The minimum Gasteiger partial charge on any atom is -0.461 e. The van der Waals surface area contributed by atoms with Crippen molar-refractivity contribution >= 4 is 11.5 Å². The van der Waals surface area contributed by atoms with Crippen LogP contribution in [0.2, 0.25) is 0 Å². The fourth-order valence-corrected chi connectivity index (χ4v) is 1.51. The second kappa shape index (κ2) is 4.20. The van der Waals surface area contributed by atoms with Crippen molar-refractivity contribution < 1.29 is 9.21 Å². The fourth-order valence-electron chi connectivity index (χ4n) is 1.51. The summed E-state index contributed by atoms with van der Waals surface area (Å²) >= 11 is 0. The highest BCUT2D eigenvalue weighted by Gasteiger charge is 2.14. The molecule has 1 heterocycles. The van der Waals surface area contributed by atoms with Gasteiger partial charge in [0.25, 0.3) is 0 Å². The van der Waals surface area contributed by atoms with Gasteiger partial charge in [0, 0.05) is 11.3 Å². The number of hydrogen-bond donors (Lipinski definition) is 2. The zero-order valence-corrected chi connectivity index (χ0v) is 8.64. The van der Waals surface area contributed by atoms with Gasteiger partial charge in [0.2, 0.25) is 5.78 Å². The summed E-state index contributed by atoms with van der Waals surface area (Å²) in [6.45, 7) is -0.0600. The number of anilines is 1. The standard InChI is InChI=1S/C12H12N2O2/c13-7-11(15)12-10(5-6-16-12)8-1-3-9(14)4-2-8/h1-6H,7,13-14H2. The molecule has 0 spiro atoms. The zero-order chi connectivity index (χ0) is 11.5. The maximum Gasteiger partial charge on any atom is 0.212 e. The first-order chi connectivity index (χ1) is 7.72. The predicted octanol–water partition coefficient (Wildman–Crippen LogP) is 1.67. The largest absolute Gasteiger partial charge is 0.461 e. The quantitative estimate of drug-likeness (QED) is 0.604. The van der Waals surface area contributed by atoms with Gasteiger partial charge in [-0.3, -0.25) is 4.79 Å². The maximum absolute atomic E-state index is 11.5. The minimum absolute atomic E-state index is 0.0600. The zero-order valence-electron chi connectivity index (χ0n) is 8.64. The van der Waals surface area contributed by atoms with Gasteiger partial charge in [-0.25, -0.2) is 0 Å². The van der Waals surface area contributed by atoms with Crippen LogP contribution in [0.25, 0.3) is 11.1 Å². The lowest BCUT2D eigenvalue weighted by molar-refractivity contribution is 0.0976. The Hall–Kier alpha value is -2.07. The first kappa shape index (κ1) is 10.4. The van der Waals surface area contributed by atoms with Crippen molar-refractivity contribution in [3.8, 4) is 11.1 Å². The lowest BCUT2D eigenvalue weighted by atomic mass is 10.0. The molecule has 0 aliphatic rings. The molecule has 4 N–H and O–H groups in total. The number of carbonyl (C=O) groups is 1. The Labute approximate surface area is 92.9 Å². The molecule has 0 radical (unpaired) electrons. The van der Waals surface area contributed by atoms with Crippen molar-refractivity contribution in [1.82, 2.24) is 0 Å². The molecule has 0 aliphatic carbocycles. The van der Waals surface area contributed by atoms with E-state index in [1.54, 1.807) is 18.2 Å². The number of carbonyl (C=O) groups excluding carboxylic acids is 1. The number of nitrogens with two attached hydrogens (primary N) is 2. The van der Waals surface area contributed by atoms with Crippen molar-refractivity contribution in [2.75, 3.05) is 12.3 Å². The van der Waals surface area contributed by atoms with Gasteiger partial charge >= 0.3 is 0 Å². The Morgan fingerprint density at radius 2 is 1.88 bits per heavy atom. The van der Waals surface area contributed by atoms with Gasteiger partial charge in [0.15, 0.2) is 5.76 Å². The van der Waals surface area contributed by atoms with Gasteiger partial charge < -0.3 is 15.9 Å². The van der Waals surface area contributed by atoms with Crippen molar-refractivity contribution in [3.05, 3.63) is 42.4 Å². The summed E-state index contributed by atoms with van der Waals surface area (Å²) in [5.74, 6) is 0.0871. The van der Waals surface area contributed by atoms with E-state index < -0.39 is 0 Å². The molecule has 16 heavy (non-hydrogen) atoms. The number of benzene rings is 1. The number of rotatable bonds is 3. The molecule has 0 bridgehead atoms. The second-order valence-electron chi connectivity index (χ2n) is 3.41. The van der Waals surface area contributed by atoms with E-state index in [4.69, 9.17) is 15.9 Å². The summed E-state index contributed by atoms with van der Waals surface area (Å²) in [5, 5.41) is 0. The van der Waals surface area contributed by atoms with Gasteiger partial charge in [0.05, 0.1) is 12.8 Å². The lowest BCUT2D eigenvalue weighted by Crippen LogP contribution is -2.13. The smallest absolute Gasteiger partial charge is 0.212 e. The molecule has 1 aromatic carbocycles. The Kier molecular flexibility index (Phi) is 2.74. The molecule has 4 heteroatoms. The maximum atomic E-state index is 11.5. The third-order valence-corrected chi connectivity index (χ3v) is 2.33. The SMILES string of the molecule is NCC(=O)c1occc1-c1ccc(N)cc1. The molecule has 0 fully saturated rings. The molecule has 0 aliphatic heterocycles. The van der Waals surface area contributed by atoms with Crippen LogP contribution < -0.4 is 11.5 Å². The van der Waals surface area contributed by atoms with Crippen molar-refractivity contribution in [3.63, 3.8) is 0 Å². The fraction of sp³-hybridized carbons (Fsp3) is 0.0833. The van der Waals surface area contributed by atoms with Gasteiger partial charge in [0.1, 0.15) is 0 Å². The van der Waals surface area contributed by atoms with Crippen LogP contribution in [0.3, 0.4) is 0 Å². The average Bonchev–Trinajstić information content (AvgIpc) is 2.78. The average molecular weight is 216 g/mol. The molecule has 82 valence electrons. The monoisotopic (exact) mass is 216 g/mol.